The molecule has 15 nitrogen and oxygen atoms in total. The van der Waals surface area contributed by atoms with Gasteiger partial charge in [0.2, 0.25) is 41.4 Å². The second kappa shape index (κ2) is 26.3. The first-order valence-electron chi connectivity index (χ1n) is 16.5. The molecular formula is C36H53N7O8. The topological polar surface area (TPSA) is 177 Å². The van der Waals surface area contributed by atoms with E-state index in [0.717, 1.165) is 30.4 Å². The molecule has 0 atom stereocenters. The maximum atomic E-state index is 13.5. The summed E-state index contributed by atoms with van der Waals surface area (Å²) in [4.78, 5) is 106. The first-order chi connectivity index (χ1) is 24.3. The summed E-state index contributed by atoms with van der Waals surface area (Å²) in [7, 11) is 0. The molecule has 7 amide bonds. The number of hydrogen-bond donors (Lipinski definition) is 2. The summed E-state index contributed by atoms with van der Waals surface area (Å²) in [6, 6.07) is 0. The number of carbonyl (C=O) groups excluding carboxylic acids is 8. The van der Waals surface area contributed by atoms with Crippen molar-refractivity contribution in [2.75, 3.05) is 78.5 Å². The van der Waals surface area contributed by atoms with Gasteiger partial charge in [0.05, 0.1) is 0 Å². The number of rotatable bonds is 28. The predicted molar refractivity (Wildman–Crippen MR) is 195 cm³/mol. The Kier molecular flexibility index (Phi) is 23.4. The largest absolute Gasteiger partial charge is 0.351 e. The Morgan fingerprint density at radius 2 is 0.843 bits per heavy atom. The van der Waals surface area contributed by atoms with E-state index in [1.54, 1.807) is 0 Å². The second-order valence-electron chi connectivity index (χ2n) is 11.0. The molecule has 0 aliphatic carbocycles. The number of hydrogen-bond acceptors (Lipinski definition) is 8. The van der Waals surface area contributed by atoms with E-state index in [0.29, 0.717) is 6.42 Å². The van der Waals surface area contributed by atoms with E-state index < -0.39 is 29.5 Å². The van der Waals surface area contributed by atoms with Crippen LogP contribution in [0, 0.1) is 0 Å². The number of carbonyl (C=O) groups is 8. The standard InChI is InChI=1S/C36H53N7O8/c1-8-30(45)15-14-19-40(25-26-41(33(48)11-4)21-17-37-31(46)9-2)36(51)16-20-39(29(7)44)23-24-43(35(50)13-6)28-27-42(34(49)12-5)22-18-38-32(47)10-3/h8-13H,1-6,14-28H2,7H3,(H,37,46)(H,38,47). The van der Waals surface area contributed by atoms with E-state index in [-0.39, 0.29) is 109 Å². The van der Waals surface area contributed by atoms with Crippen LogP contribution >= 0.6 is 0 Å². The minimum Gasteiger partial charge on any atom is -0.351 e. The zero-order chi connectivity index (χ0) is 38.8. The van der Waals surface area contributed by atoms with Crippen molar-refractivity contribution in [2.24, 2.45) is 0 Å². The molecule has 0 fully saturated rings. The van der Waals surface area contributed by atoms with Crippen LogP contribution < -0.4 is 10.6 Å². The van der Waals surface area contributed by atoms with Gasteiger partial charge in [0.25, 0.3) is 0 Å². The fraction of sp³-hybridized carbons (Fsp3) is 0.444. The van der Waals surface area contributed by atoms with Crippen molar-refractivity contribution in [2.45, 2.75) is 26.2 Å². The third-order valence-corrected chi connectivity index (χ3v) is 7.58. The van der Waals surface area contributed by atoms with Crippen molar-refractivity contribution >= 4 is 47.1 Å². The molecule has 0 aromatic rings. The van der Waals surface area contributed by atoms with Crippen LogP contribution in [0.2, 0.25) is 0 Å². The van der Waals surface area contributed by atoms with E-state index in [2.05, 4.69) is 50.1 Å². The Hall–Kier alpha value is -5.60. The maximum absolute atomic E-state index is 13.5. The van der Waals surface area contributed by atoms with Crippen LogP contribution in [0.25, 0.3) is 0 Å². The third-order valence-electron chi connectivity index (χ3n) is 7.58. The fourth-order valence-corrected chi connectivity index (χ4v) is 4.60. The van der Waals surface area contributed by atoms with Crippen LogP contribution in [0.5, 0.6) is 0 Å². The highest BCUT2D eigenvalue weighted by atomic mass is 16.2. The van der Waals surface area contributed by atoms with Gasteiger partial charge >= 0.3 is 0 Å². The normalized spacial score (nSPS) is 9.98. The fourth-order valence-electron chi connectivity index (χ4n) is 4.60. The van der Waals surface area contributed by atoms with E-state index >= 15 is 0 Å². The van der Waals surface area contributed by atoms with E-state index in [1.165, 1.54) is 37.5 Å². The highest BCUT2D eigenvalue weighted by molar-refractivity contribution is 5.90. The highest BCUT2D eigenvalue weighted by Gasteiger charge is 2.21. The van der Waals surface area contributed by atoms with Crippen LogP contribution in [-0.4, -0.2) is 150 Å². The summed E-state index contributed by atoms with van der Waals surface area (Å²) in [6.07, 6.45) is 7.25. The Labute approximate surface area is 301 Å². The highest BCUT2D eigenvalue weighted by Crippen LogP contribution is 2.06. The van der Waals surface area contributed by atoms with Gasteiger partial charge in [-0.1, -0.05) is 39.5 Å². The van der Waals surface area contributed by atoms with Crippen LogP contribution in [0.3, 0.4) is 0 Å². The van der Waals surface area contributed by atoms with Gasteiger partial charge in [-0.15, -0.1) is 0 Å². The molecule has 0 spiro atoms. The molecule has 0 unspecified atom stereocenters. The molecule has 0 radical (unpaired) electrons. The number of ketones is 1. The van der Waals surface area contributed by atoms with Gasteiger partial charge in [-0.3, -0.25) is 38.4 Å². The molecule has 0 rings (SSSR count). The number of allylic oxidation sites excluding steroid dienone is 1. The lowest BCUT2D eigenvalue weighted by molar-refractivity contribution is -0.136. The molecular weight excluding hydrogens is 658 g/mol. The van der Waals surface area contributed by atoms with E-state index in [4.69, 9.17) is 0 Å². The summed E-state index contributed by atoms with van der Waals surface area (Å²) < 4.78 is 0. The molecule has 280 valence electrons. The van der Waals surface area contributed by atoms with Crippen molar-refractivity contribution < 1.29 is 38.4 Å². The van der Waals surface area contributed by atoms with Crippen LogP contribution in [0.1, 0.15) is 26.2 Å². The molecule has 15 heteroatoms. The van der Waals surface area contributed by atoms with Crippen LogP contribution in [0.4, 0.5) is 0 Å². The molecule has 2 N–H and O–H groups in total. The quantitative estimate of drug-likeness (QED) is 0.109. The monoisotopic (exact) mass is 711 g/mol. The van der Waals surface area contributed by atoms with Crippen molar-refractivity contribution in [3.8, 4) is 0 Å². The Morgan fingerprint density at radius 3 is 1.22 bits per heavy atom. The minimum atomic E-state index is -0.427. The zero-order valence-electron chi connectivity index (χ0n) is 29.8. The smallest absolute Gasteiger partial charge is 0.246 e. The van der Waals surface area contributed by atoms with Gasteiger partial charge in [-0.2, -0.15) is 0 Å². The van der Waals surface area contributed by atoms with Crippen molar-refractivity contribution in [3.05, 3.63) is 75.9 Å². The number of nitrogens with zero attached hydrogens (tertiary/aromatic N) is 5. The van der Waals surface area contributed by atoms with Gasteiger partial charge in [-0.05, 0) is 42.9 Å². The first kappa shape index (κ1) is 45.4. The van der Waals surface area contributed by atoms with Crippen molar-refractivity contribution in [3.63, 3.8) is 0 Å². The number of nitrogens with one attached hydrogen (secondary N) is 2. The molecule has 0 aromatic carbocycles. The minimum absolute atomic E-state index is 0.0271. The average Bonchev–Trinajstić information content (AvgIpc) is 3.13. The third kappa shape index (κ3) is 19.2. The lowest BCUT2D eigenvalue weighted by Crippen LogP contribution is -2.46. The summed E-state index contributed by atoms with van der Waals surface area (Å²) in [5.74, 6) is -2.84. The second-order valence-corrected chi connectivity index (χ2v) is 11.0. The Balaban J connectivity index is 5.63. The summed E-state index contributed by atoms with van der Waals surface area (Å²) in [5, 5.41) is 5.18. The van der Waals surface area contributed by atoms with Crippen molar-refractivity contribution in [1.29, 1.82) is 0 Å². The molecule has 51 heavy (non-hydrogen) atoms. The van der Waals surface area contributed by atoms with Gasteiger partial charge in [-0.25, -0.2) is 0 Å². The van der Waals surface area contributed by atoms with Gasteiger partial charge in [0, 0.05) is 98.3 Å². The van der Waals surface area contributed by atoms with Crippen LogP contribution in [-0.2, 0) is 38.4 Å². The molecule has 0 saturated heterocycles. The average molecular weight is 712 g/mol. The van der Waals surface area contributed by atoms with Crippen LogP contribution in [0.15, 0.2) is 75.9 Å². The molecule has 0 aliphatic rings. The maximum Gasteiger partial charge on any atom is 0.246 e. The molecule has 0 aliphatic heterocycles. The van der Waals surface area contributed by atoms with Gasteiger partial charge in [0.15, 0.2) is 5.78 Å². The summed E-state index contributed by atoms with van der Waals surface area (Å²) in [6.45, 7) is 23.6. The summed E-state index contributed by atoms with van der Waals surface area (Å²) in [5.41, 5.74) is 0. The first-order valence-corrected chi connectivity index (χ1v) is 16.5. The SMILES string of the molecule is C=CC(=O)CCCN(CCN(CCNC(=O)C=C)C(=O)C=C)C(=O)CCN(CCN(CCN(CCNC(=O)C=C)C(=O)C=C)C(=O)C=C)C(C)=O. The molecule has 0 heterocycles. The summed E-state index contributed by atoms with van der Waals surface area (Å²) >= 11 is 0. The molecule has 0 aromatic heterocycles. The Bertz CT molecular complexity index is 1310. The Morgan fingerprint density at radius 1 is 0.451 bits per heavy atom. The van der Waals surface area contributed by atoms with Gasteiger partial charge < -0.3 is 35.1 Å². The number of amides is 7. The lowest BCUT2D eigenvalue weighted by atomic mass is 10.2. The van der Waals surface area contributed by atoms with Gasteiger partial charge in [0.1, 0.15) is 0 Å². The zero-order valence-corrected chi connectivity index (χ0v) is 29.8. The van der Waals surface area contributed by atoms with E-state index in [9.17, 15) is 38.4 Å². The predicted octanol–water partition coefficient (Wildman–Crippen LogP) is 0.237. The lowest BCUT2D eigenvalue weighted by Gasteiger charge is -2.30. The molecule has 0 saturated carbocycles. The molecule has 0 bridgehead atoms. The van der Waals surface area contributed by atoms with E-state index in [1.807, 2.05) is 0 Å². The van der Waals surface area contributed by atoms with Crippen molar-refractivity contribution in [1.82, 2.24) is 35.1 Å².